The van der Waals surface area contributed by atoms with Crippen molar-refractivity contribution in [3.63, 3.8) is 0 Å². The highest BCUT2D eigenvalue weighted by atomic mass is 19.1. The van der Waals surface area contributed by atoms with Gasteiger partial charge in [0.1, 0.15) is 5.82 Å². The van der Waals surface area contributed by atoms with Crippen LogP contribution in [-0.4, -0.2) is 6.54 Å². The summed E-state index contributed by atoms with van der Waals surface area (Å²) < 4.78 is 12.5. The van der Waals surface area contributed by atoms with E-state index in [0.717, 1.165) is 24.2 Å². The molecule has 0 saturated carbocycles. The summed E-state index contributed by atoms with van der Waals surface area (Å²) in [5.74, 6) is -0.183. The molecule has 1 aliphatic heterocycles. The Morgan fingerprint density at radius 2 is 1.92 bits per heavy atom. The summed E-state index contributed by atoms with van der Waals surface area (Å²) >= 11 is 0. The maximum atomic E-state index is 12.5. The number of halogens is 1. The van der Waals surface area contributed by atoms with Crippen molar-refractivity contribution in [3.8, 4) is 0 Å². The zero-order chi connectivity index (χ0) is 8.39. The third-order valence-electron chi connectivity index (χ3n) is 1.96. The van der Waals surface area contributed by atoms with Crippen molar-refractivity contribution in [2.75, 3.05) is 6.54 Å². The first-order valence-corrected chi connectivity index (χ1v) is 4.06. The Kier molecular flexibility index (Phi) is 1.82. The van der Waals surface area contributed by atoms with Crippen LogP contribution in [0.15, 0.2) is 30.3 Å². The number of benzene rings is 1. The van der Waals surface area contributed by atoms with E-state index in [9.17, 15) is 4.39 Å². The predicted octanol–water partition coefficient (Wildman–Crippen LogP) is 2.16. The molecule has 1 nitrogen and oxygen atoms in total. The van der Waals surface area contributed by atoms with E-state index in [1.807, 2.05) is 0 Å². The van der Waals surface area contributed by atoms with E-state index in [0.29, 0.717) is 0 Å². The van der Waals surface area contributed by atoms with Crippen molar-refractivity contribution >= 4 is 5.70 Å². The predicted molar refractivity (Wildman–Crippen MR) is 47.0 cm³/mol. The second-order valence-corrected chi connectivity index (χ2v) is 2.84. The normalized spacial score (nSPS) is 15.6. The minimum Gasteiger partial charge on any atom is -0.385 e. The molecule has 1 aromatic carbocycles. The molecule has 0 amide bonds. The van der Waals surface area contributed by atoms with E-state index in [1.165, 1.54) is 12.1 Å². The summed E-state index contributed by atoms with van der Waals surface area (Å²) in [5, 5.41) is 3.23. The fraction of sp³-hybridized carbons (Fsp3) is 0.200. The van der Waals surface area contributed by atoms with Crippen LogP contribution < -0.4 is 5.32 Å². The van der Waals surface area contributed by atoms with Crippen molar-refractivity contribution in [2.45, 2.75) is 6.42 Å². The molecule has 0 unspecified atom stereocenters. The highest BCUT2D eigenvalue weighted by Crippen LogP contribution is 2.15. The maximum absolute atomic E-state index is 12.5. The third-order valence-corrected chi connectivity index (χ3v) is 1.96. The van der Waals surface area contributed by atoms with Crippen molar-refractivity contribution in [1.82, 2.24) is 5.32 Å². The molecule has 2 rings (SSSR count). The first-order valence-electron chi connectivity index (χ1n) is 4.06. The molecule has 0 spiro atoms. The lowest BCUT2D eigenvalue weighted by molar-refractivity contribution is 0.627. The Labute approximate surface area is 70.9 Å². The summed E-state index contributed by atoms with van der Waals surface area (Å²) in [5.41, 5.74) is 2.18. The molecule has 0 aromatic heterocycles. The first-order chi connectivity index (χ1) is 5.86. The molecule has 0 atom stereocenters. The highest BCUT2D eigenvalue weighted by Gasteiger charge is 2.04. The van der Waals surface area contributed by atoms with E-state index in [2.05, 4.69) is 11.4 Å². The molecule has 0 fully saturated rings. The van der Waals surface area contributed by atoms with Crippen LogP contribution in [0.2, 0.25) is 0 Å². The molecule has 1 N–H and O–H groups in total. The Hall–Kier alpha value is -1.31. The zero-order valence-corrected chi connectivity index (χ0v) is 6.68. The van der Waals surface area contributed by atoms with Crippen LogP contribution in [0.3, 0.4) is 0 Å². The SMILES string of the molecule is Fc1ccc(C2=CCCN2)cc1. The molecule has 1 aromatic rings. The topological polar surface area (TPSA) is 12.0 Å². The zero-order valence-electron chi connectivity index (χ0n) is 6.68. The van der Waals surface area contributed by atoms with E-state index < -0.39 is 0 Å². The van der Waals surface area contributed by atoms with Crippen LogP contribution in [0.1, 0.15) is 12.0 Å². The number of rotatable bonds is 1. The molecular weight excluding hydrogens is 153 g/mol. The summed E-state index contributed by atoms with van der Waals surface area (Å²) in [6.45, 7) is 0.993. The second-order valence-electron chi connectivity index (χ2n) is 2.84. The van der Waals surface area contributed by atoms with Gasteiger partial charge in [-0.25, -0.2) is 4.39 Å². The van der Waals surface area contributed by atoms with Gasteiger partial charge in [-0.2, -0.15) is 0 Å². The molecule has 0 bridgehead atoms. The molecule has 2 heteroatoms. The van der Waals surface area contributed by atoms with Crippen LogP contribution >= 0.6 is 0 Å². The first kappa shape index (κ1) is 7.35. The van der Waals surface area contributed by atoms with Crippen LogP contribution in [0.25, 0.3) is 5.70 Å². The van der Waals surface area contributed by atoms with Gasteiger partial charge in [0, 0.05) is 12.2 Å². The van der Waals surface area contributed by atoms with Crippen molar-refractivity contribution in [1.29, 1.82) is 0 Å². The molecule has 0 saturated heterocycles. The fourth-order valence-electron chi connectivity index (χ4n) is 1.34. The Bertz CT molecular complexity index is 300. The van der Waals surface area contributed by atoms with Crippen LogP contribution in [0, 0.1) is 5.82 Å². The van der Waals surface area contributed by atoms with E-state index in [1.54, 1.807) is 12.1 Å². The van der Waals surface area contributed by atoms with Crippen LogP contribution in [0.5, 0.6) is 0 Å². The molecular formula is C10H10FN. The molecule has 0 radical (unpaired) electrons. The molecule has 1 heterocycles. The van der Waals surface area contributed by atoms with Gasteiger partial charge in [-0.15, -0.1) is 0 Å². The van der Waals surface area contributed by atoms with E-state index >= 15 is 0 Å². The second kappa shape index (κ2) is 2.97. The maximum Gasteiger partial charge on any atom is 0.123 e. The van der Waals surface area contributed by atoms with Crippen molar-refractivity contribution in [3.05, 3.63) is 41.7 Å². The van der Waals surface area contributed by atoms with Crippen LogP contribution in [0.4, 0.5) is 4.39 Å². The molecule has 12 heavy (non-hydrogen) atoms. The average Bonchev–Trinajstić information content (AvgIpc) is 2.58. The van der Waals surface area contributed by atoms with Crippen molar-refractivity contribution < 1.29 is 4.39 Å². The van der Waals surface area contributed by atoms with E-state index in [4.69, 9.17) is 0 Å². The Morgan fingerprint density at radius 1 is 1.17 bits per heavy atom. The average molecular weight is 163 g/mol. The standard InChI is InChI=1S/C10H10FN/c11-9-5-3-8(4-6-9)10-2-1-7-12-10/h2-6,12H,1,7H2. The van der Waals surface area contributed by atoms with Crippen molar-refractivity contribution in [2.24, 2.45) is 0 Å². The van der Waals surface area contributed by atoms with Gasteiger partial charge in [-0.05, 0) is 24.1 Å². The lowest BCUT2D eigenvalue weighted by atomic mass is 10.1. The summed E-state index contributed by atoms with van der Waals surface area (Å²) in [7, 11) is 0. The quantitative estimate of drug-likeness (QED) is 0.669. The Morgan fingerprint density at radius 3 is 2.50 bits per heavy atom. The lowest BCUT2D eigenvalue weighted by Gasteiger charge is -2.02. The lowest BCUT2D eigenvalue weighted by Crippen LogP contribution is -2.05. The van der Waals surface area contributed by atoms with Gasteiger partial charge in [-0.1, -0.05) is 18.2 Å². The Balaban J connectivity index is 2.28. The minimum absolute atomic E-state index is 0.183. The van der Waals surface area contributed by atoms with Gasteiger partial charge in [0.25, 0.3) is 0 Å². The summed E-state index contributed by atoms with van der Waals surface area (Å²) in [4.78, 5) is 0. The van der Waals surface area contributed by atoms with Gasteiger partial charge < -0.3 is 5.32 Å². The minimum atomic E-state index is -0.183. The van der Waals surface area contributed by atoms with Gasteiger partial charge in [0.2, 0.25) is 0 Å². The molecule has 62 valence electrons. The largest absolute Gasteiger partial charge is 0.385 e. The van der Waals surface area contributed by atoms with Gasteiger partial charge in [-0.3, -0.25) is 0 Å². The number of nitrogens with one attached hydrogen (secondary N) is 1. The highest BCUT2D eigenvalue weighted by molar-refractivity contribution is 5.65. The number of hydrogen-bond donors (Lipinski definition) is 1. The van der Waals surface area contributed by atoms with Crippen LogP contribution in [-0.2, 0) is 0 Å². The fourth-order valence-corrected chi connectivity index (χ4v) is 1.34. The smallest absolute Gasteiger partial charge is 0.123 e. The molecule has 1 aliphatic rings. The molecule has 0 aliphatic carbocycles. The van der Waals surface area contributed by atoms with Gasteiger partial charge >= 0.3 is 0 Å². The summed E-state index contributed by atoms with van der Waals surface area (Å²) in [6.07, 6.45) is 3.19. The monoisotopic (exact) mass is 163 g/mol. The summed E-state index contributed by atoms with van der Waals surface area (Å²) in [6, 6.07) is 6.55. The van der Waals surface area contributed by atoms with E-state index in [-0.39, 0.29) is 5.82 Å². The van der Waals surface area contributed by atoms with Gasteiger partial charge in [0.15, 0.2) is 0 Å². The van der Waals surface area contributed by atoms with Gasteiger partial charge in [0.05, 0.1) is 0 Å². The number of hydrogen-bond acceptors (Lipinski definition) is 1. The third kappa shape index (κ3) is 1.33.